The van der Waals surface area contributed by atoms with Gasteiger partial charge in [-0.25, -0.2) is 0 Å². The summed E-state index contributed by atoms with van der Waals surface area (Å²) >= 11 is 0. The van der Waals surface area contributed by atoms with Gasteiger partial charge in [0.05, 0.1) is 12.7 Å². The monoisotopic (exact) mass is 320 g/mol. The maximum atomic E-state index is 12.1. The second-order valence-corrected chi connectivity index (χ2v) is 5.98. The van der Waals surface area contributed by atoms with Gasteiger partial charge in [0.25, 0.3) is 5.91 Å². The Kier molecular flexibility index (Phi) is 5.84. The van der Waals surface area contributed by atoms with Crippen LogP contribution in [0.15, 0.2) is 18.2 Å². The Labute approximate surface area is 136 Å². The van der Waals surface area contributed by atoms with Gasteiger partial charge in [0.1, 0.15) is 11.5 Å². The Hall–Kier alpha value is -2.24. The smallest absolute Gasteiger partial charge is 0.255 e. The number of carbonyl (C=O) groups excluding carboxylic acids is 2. The molecule has 6 heteroatoms. The summed E-state index contributed by atoms with van der Waals surface area (Å²) in [5.41, 5.74) is 0.171. The van der Waals surface area contributed by atoms with E-state index in [4.69, 9.17) is 4.74 Å². The van der Waals surface area contributed by atoms with Gasteiger partial charge in [-0.1, -0.05) is 6.92 Å². The number of amides is 2. The Balaban J connectivity index is 1.81. The van der Waals surface area contributed by atoms with Crippen LogP contribution in [0, 0.1) is 5.92 Å². The number of nitrogens with one attached hydrogen (secondary N) is 1. The van der Waals surface area contributed by atoms with E-state index in [-0.39, 0.29) is 30.2 Å². The molecule has 6 nitrogen and oxygen atoms in total. The molecule has 1 aliphatic heterocycles. The van der Waals surface area contributed by atoms with E-state index in [9.17, 15) is 14.7 Å². The van der Waals surface area contributed by atoms with Crippen LogP contribution in [0.5, 0.6) is 11.5 Å². The Morgan fingerprint density at radius 1 is 1.43 bits per heavy atom. The number of likely N-dealkylation sites (tertiary alicyclic amines) is 1. The number of phenols is 1. The van der Waals surface area contributed by atoms with Gasteiger partial charge in [0, 0.05) is 32.1 Å². The van der Waals surface area contributed by atoms with E-state index in [2.05, 4.69) is 12.2 Å². The van der Waals surface area contributed by atoms with E-state index >= 15 is 0 Å². The highest BCUT2D eigenvalue weighted by molar-refractivity contribution is 5.97. The summed E-state index contributed by atoms with van der Waals surface area (Å²) in [4.78, 5) is 26.0. The van der Waals surface area contributed by atoms with Crippen LogP contribution >= 0.6 is 0 Å². The number of aromatic hydroxyl groups is 1. The second kappa shape index (κ2) is 7.85. The summed E-state index contributed by atoms with van der Waals surface area (Å²) < 4.78 is 4.98. The van der Waals surface area contributed by atoms with Crippen LogP contribution in [-0.4, -0.2) is 48.6 Å². The lowest BCUT2D eigenvalue weighted by Crippen LogP contribution is -2.40. The number of nitrogens with zero attached hydrogens (tertiary/aromatic N) is 1. The first-order valence-electron chi connectivity index (χ1n) is 7.94. The Morgan fingerprint density at radius 2 is 2.22 bits per heavy atom. The molecule has 1 aromatic carbocycles. The molecule has 23 heavy (non-hydrogen) atoms. The zero-order valence-corrected chi connectivity index (χ0v) is 13.7. The van der Waals surface area contributed by atoms with E-state index < -0.39 is 5.91 Å². The quantitative estimate of drug-likeness (QED) is 0.867. The second-order valence-electron chi connectivity index (χ2n) is 5.98. The van der Waals surface area contributed by atoms with Gasteiger partial charge in [-0.3, -0.25) is 9.59 Å². The van der Waals surface area contributed by atoms with Gasteiger partial charge in [-0.15, -0.1) is 0 Å². The van der Waals surface area contributed by atoms with Crippen molar-refractivity contribution in [3.8, 4) is 11.5 Å². The van der Waals surface area contributed by atoms with E-state index in [1.54, 1.807) is 6.07 Å². The van der Waals surface area contributed by atoms with Crippen LogP contribution in [0.4, 0.5) is 0 Å². The molecule has 1 atom stereocenters. The molecule has 1 heterocycles. The predicted octanol–water partition coefficient (Wildman–Crippen LogP) is 1.78. The minimum absolute atomic E-state index is 0.0656. The highest BCUT2D eigenvalue weighted by Gasteiger charge is 2.20. The number of hydrogen-bond acceptors (Lipinski definition) is 4. The molecule has 2 amide bonds. The normalized spacial score (nSPS) is 17.7. The lowest BCUT2D eigenvalue weighted by molar-refractivity contribution is -0.132. The van der Waals surface area contributed by atoms with Gasteiger partial charge in [-0.2, -0.15) is 0 Å². The minimum atomic E-state index is -0.398. The van der Waals surface area contributed by atoms with Crippen LogP contribution in [-0.2, 0) is 4.79 Å². The number of rotatable bonds is 5. The third-order valence-corrected chi connectivity index (χ3v) is 4.08. The van der Waals surface area contributed by atoms with Gasteiger partial charge in [0.2, 0.25) is 5.91 Å². The molecule has 126 valence electrons. The third-order valence-electron chi connectivity index (χ3n) is 4.08. The SMILES string of the molecule is COc1ccc(C(=O)NCCC(=O)N2CCC[C@@H](C)C2)c(O)c1. The highest BCUT2D eigenvalue weighted by Crippen LogP contribution is 2.23. The van der Waals surface area contributed by atoms with Crippen molar-refractivity contribution in [2.75, 3.05) is 26.7 Å². The maximum Gasteiger partial charge on any atom is 0.255 e. The first-order valence-corrected chi connectivity index (χ1v) is 7.94. The number of ether oxygens (including phenoxy) is 1. The minimum Gasteiger partial charge on any atom is -0.507 e. The fourth-order valence-corrected chi connectivity index (χ4v) is 2.78. The molecule has 2 rings (SSSR count). The van der Waals surface area contributed by atoms with Crippen molar-refractivity contribution >= 4 is 11.8 Å². The molecule has 0 unspecified atom stereocenters. The van der Waals surface area contributed by atoms with Gasteiger partial charge >= 0.3 is 0 Å². The lowest BCUT2D eigenvalue weighted by Gasteiger charge is -2.31. The van der Waals surface area contributed by atoms with E-state index in [0.29, 0.717) is 11.7 Å². The zero-order chi connectivity index (χ0) is 16.8. The molecule has 0 saturated carbocycles. The first-order chi connectivity index (χ1) is 11.0. The number of methoxy groups -OCH3 is 1. The molecule has 1 saturated heterocycles. The summed E-state index contributed by atoms with van der Waals surface area (Å²) in [6, 6.07) is 4.49. The zero-order valence-electron chi connectivity index (χ0n) is 13.7. The fraction of sp³-hybridized carbons (Fsp3) is 0.529. The molecule has 2 N–H and O–H groups in total. The summed E-state index contributed by atoms with van der Waals surface area (Å²) in [7, 11) is 1.49. The molecule has 0 bridgehead atoms. The average Bonchev–Trinajstić information content (AvgIpc) is 2.54. The molecule has 1 aliphatic rings. The van der Waals surface area contributed by atoms with Crippen molar-refractivity contribution in [2.45, 2.75) is 26.2 Å². The van der Waals surface area contributed by atoms with E-state index in [0.717, 1.165) is 25.9 Å². The highest BCUT2D eigenvalue weighted by atomic mass is 16.5. The van der Waals surface area contributed by atoms with Crippen LogP contribution in [0.3, 0.4) is 0 Å². The van der Waals surface area contributed by atoms with Gasteiger partial charge in [-0.05, 0) is 30.9 Å². The van der Waals surface area contributed by atoms with Crippen LogP contribution in [0.25, 0.3) is 0 Å². The number of piperidine rings is 1. The van der Waals surface area contributed by atoms with E-state index in [1.807, 2.05) is 4.90 Å². The average molecular weight is 320 g/mol. The van der Waals surface area contributed by atoms with Crippen LogP contribution in [0.1, 0.15) is 36.5 Å². The van der Waals surface area contributed by atoms with Crippen molar-refractivity contribution in [1.29, 1.82) is 0 Å². The maximum absolute atomic E-state index is 12.1. The molecule has 0 spiro atoms. The summed E-state index contributed by atoms with van der Waals surface area (Å²) in [5.74, 6) is 0.547. The van der Waals surface area contributed by atoms with Gasteiger partial charge in [0.15, 0.2) is 0 Å². The fourth-order valence-electron chi connectivity index (χ4n) is 2.78. The largest absolute Gasteiger partial charge is 0.507 e. The molecule has 0 radical (unpaired) electrons. The standard InChI is InChI=1S/C17H24N2O4/c1-12-4-3-9-19(11-12)16(21)7-8-18-17(22)14-6-5-13(23-2)10-15(14)20/h5-6,10,12,20H,3-4,7-9,11H2,1-2H3,(H,18,22)/t12-/m1/s1. The lowest BCUT2D eigenvalue weighted by atomic mass is 10.00. The van der Waals surface area contributed by atoms with Crippen LogP contribution < -0.4 is 10.1 Å². The molecule has 1 fully saturated rings. The Bertz CT molecular complexity index is 574. The van der Waals surface area contributed by atoms with Crippen molar-refractivity contribution in [3.05, 3.63) is 23.8 Å². The van der Waals surface area contributed by atoms with Crippen LogP contribution in [0.2, 0.25) is 0 Å². The number of benzene rings is 1. The number of hydrogen-bond donors (Lipinski definition) is 2. The van der Waals surface area contributed by atoms with Crippen molar-refractivity contribution < 1.29 is 19.4 Å². The van der Waals surface area contributed by atoms with E-state index in [1.165, 1.54) is 19.2 Å². The topological polar surface area (TPSA) is 78.9 Å². The summed E-state index contributed by atoms with van der Waals surface area (Å²) in [5, 5.41) is 12.5. The van der Waals surface area contributed by atoms with Gasteiger partial charge < -0.3 is 20.1 Å². The molecular formula is C17H24N2O4. The Morgan fingerprint density at radius 3 is 2.87 bits per heavy atom. The summed E-state index contributed by atoms with van der Waals surface area (Å²) in [6.45, 7) is 4.00. The van der Waals surface area contributed by atoms with Crippen molar-refractivity contribution in [3.63, 3.8) is 0 Å². The number of phenolic OH excluding ortho intramolecular Hbond substituents is 1. The summed E-state index contributed by atoms with van der Waals surface area (Å²) in [6.07, 6.45) is 2.48. The first kappa shape index (κ1) is 17.1. The van der Waals surface area contributed by atoms with Crippen molar-refractivity contribution in [1.82, 2.24) is 10.2 Å². The molecule has 0 aliphatic carbocycles. The third kappa shape index (κ3) is 4.61. The van der Waals surface area contributed by atoms with Crippen molar-refractivity contribution in [2.24, 2.45) is 5.92 Å². The molecule has 1 aromatic rings. The predicted molar refractivity (Wildman–Crippen MR) is 86.6 cm³/mol. The molecular weight excluding hydrogens is 296 g/mol. The number of carbonyl (C=O) groups is 2. The molecule has 0 aromatic heterocycles.